The molecule has 0 aliphatic heterocycles. The second-order valence-electron chi connectivity index (χ2n) is 6.97. The van der Waals surface area contributed by atoms with Gasteiger partial charge >= 0.3 is 5.97 Å². The second-order valence-corrected chi connectivity index (χ2v) is 7.86. The highest BCUT2D eigenvalue weighted by Gasteiger charge is 2.49. The first-order chi connectivity index (χ1) is 10.6. The van der Waals surface area contributed by atoms with Crippen molar-refractivity contribution in [1.82, 2.24) is 10.3 Å². The molecule has 0 radical (unpaired) electrons. The summed E-state index contributed by atoms with van der Waals surface area (Å²) >= 11 is 1.66. The van der Waals surface area contributed by atoms with Gasteiger partial charge in [-0.1, -0.05) is 0 Å². The number of carbonyl (C=O) groups excluding carboxylic acids is 1. The number of nitrogens with zero attached hydrogens (tertiary/aromatic N) is 1. The van der Waals surface area contributed by atoms with Gasteiger partial charge in [-0.15, -0.1) is 11.3 Å². The number of hydrogen-bond donors (Lipinski definition) is 2. The lowest BCUT2D eigenvalue weighted by atomic mass is 9.71. The maximum Gasteiger partial charge on any atom is 0.306 e. The van der Waals surface area contributed by atoms with E-state index in [1.165, 1.54) is 17.8 Å². The lowest BCUT2D eigenvalue weighted by molar-refractivity contribution is -0.141. The van der Waals surface area contributed by atoms with Crippen LogP contribution in [-0.2, 0) is 16.0 Å². The van der Waals surface area contributed by atoms with Crippen LogP contribution in [0.25, 0.3) is 0 Å². The van der Waals surface area contributed by atoms with Crippen LogP contribution in [-0.4, -0.2) is 28.0 Å². The predicted molar refractivity (Wildman–Crippen MR) is 81.7 cm³/mol. The van der Waals surface area contributed by atoms with Crippen LogP contribution in [0.3, 0.4) is 0 Å². The summed E-state index contributed by atoms with van der Waals surface area (Å²) < 4.78 is 0. The number of rotatable bonds is 5. The molecule has 0 spiro atoms. The van der Waals surface area contributed by atoms with Crippen LogP contribution in [0.2, 0.25) is 0 Å². The van der Waals surface area contributed by atoms with Crippen molar-refractivity contribution in [3.63, 3.8) is 0 Å². The van der Waals surface area contributed by atoms with Gasteiger partial charge in [-0.3, -0.25) is 9.59 Å². The molecule has 1 aromatic rings. The molecule has 0 aromatic carbocycles. The highest BCUT2D eigenvalue weighted by molar-refractivity contribution is 7.09. The summed E-state index contributed by atoms with van der Waals surface area (Å²) in [6.45, 7) is 0. The zero-order valence-electron chi connectivity index (χ0n) is 12.3. The molecule has 1 amide bonds. The molecule has 1 unspecified atom stereocenters. The monoisotopic (exact) mass is 320 g/mol. The molecular weight excluding hydrogens is 300 g/mol. The first-order valence-electron chi connectivity index (χ1n) is 8.06. The summed E-state index contributed by atoms with van der Waals surface area (Å²) in [5, 5.41) is 15.3. The third-order valence-corrected chi connectivity index (χ3v) is 6.41. The SMILES string of the molecule is O=C(Cc1csc(C2CC2)n1)N[C@@H]1C[C@H]2CC(C(=O)O)C[C@H]21. The standard InChI is InChI=1S/C16H20N2O3S/c19-14(6-11-7-22-15(17-11)8-1-2-8)18-13-5-9-3-10(16(20)21)4-12(9)13/h7-10,12-13H,1-6H2,(H,18,19)(H,20,21)/t9-,10?,12-,13-/m1/s1. The highest BCUT2D eigenvalue weighted by atomic mass is 32.1. The quantitative estimate of drug-likeness (QED) is 0.871. The molecule has 4 rings (SSSR count). The summed E-state index contributed by atoms with van der Waals surface area (Å²) in [4.78, 5) is 27.8. The van der Waals surface area contributed by atoms with Gasteiger partial charge in [0, 0.05) is 17.3 Å². The molecular formula is C16H20N2O3S. The fourth-order valence-electron chi connectivity index (χ4n) is 3.94. The van der Waals surface area contributed by atoms with Gasteiger partial charge in [0.05, 0.1) is 23.0 Å². The molecule has 0 bridgehead atoms. The van der Waals surface area contributed by atoms with Crippen LogP contribution in [0.1, 0.15) is 48.7 Å². The number of aromatic nitrogens is 1. The van der Waals surface area contributed by atoms with Crippen LogP contribution in [0.5, 0.6) is 0 Å². The topological polar surface area (TPSA) is 79.3 Å². The molecule has 118 valence electrons. The number of carboxylic acid groups (broad SMARTS) is 1. The smallest absolute Gasteiger partial charge is 0.306 e. The van der Waals surface area contributed by atoms with E-state index in [4.69, 9.17) is 5.11 Å². The fourth-order valence-corrected chi connectivity index (χ4v) is 4.93. The van der Waals surface area contributed by atoms with Crippen molar-refractivity contribution in [3.05, 3.63) is 16.1 Å². The molecule has 1 heterocycles. The van der Waals surface area contributed by atoms with E-state index in [9.17, 15) is 9.59 Å². The third-order valence-electron chi connectivity index (χ3n) is 5.36. The van der Waals surface area contributed by atoms with E-state index in [0.29, 0.717) is 30.6 Å². The first kappa shape index (κ1) is 14.2. The summed E-state index contributed by atoms with van der Waals surface area (Å²) in [5.74, 6) is 0.622. The first-order valence-corrected chi connectivity index (χ1v) is 8.94. The minimum Gasteiger partial charge on any atom is -0.481 e. The van der Waals surface area contributed by atoms with Crippen molar-refractivity contribution in [2.24, 2.45) is 17.8 Å². The predicted octanol–water partition coefficient (Wildman–Crippen LogP) is 2.18. The van der Waals surface area contributed by atoms with E-state index in [2.05, 4.69) is 10.3 Å². The number of aliphatic carboxylic acids is 1. The third kappa shape index (κ3) is 2.64. The Bertz CT molecular complexity index is 610. The van der Waals surface area contributed by atoms with Crippen LogP contribution < -0.4 is 5.32 Å². The lowest BCUT2D eigenvalue weighted by Gasteiger charge is -2.40. The molecule has 3 saturated carbocycles. The molecule has 4 atom stereocenters. The van der Waals surface area contributed by atoms with E-state index in [0.717, 1.165) is 18.5 Å². The van der Waals surface area contributed by atoms with Crippen molar-refractivity contribution < 1.29 is 14.7 Å². The normalized spacial score (nSPS) is 33.1. The van der Waals surface area contributed by atoms with E-state index >= 15 is 0 Å². The number of nitrogens with one attached hydrogen (secondary N) is 1. The van der Waals surface area contributed by atoms with Gasteiger partial charge in [-0.2, -0.15) is 0 Å². The maximum absolute atomic E-state index is 12.2. The average Bonchev–Trinajstić information content (AvgIpc) is 3.11. The number of thiazole rings is 1. The van der Waals surface area contributed by atoms with Crippen LogP contribution in [0.15, 0.2) is 5.38 Å². The Hall–Kier alpha value is -1.43. The largest absolute Gasteiger partial charge is 0.481 e. The molecule has 3 aliphatic carbocycles. The van der Waals surface area contributed by atoms with E-state index in [1.807, 2.05) is 5.38 Å². The van der Waals surface area contributed by atoms with Gasteiger partial charge in [0.2, 0.25) is 5.91 Å². The zero-order valence-corrected chi connectivity index (χ0v) is 13.1. The van der Waals surface area contributed by atoms with Gasteiger partial charge in [0.1, 0.15) is 0 Å². The Morgan fingerprint density at radius 2 is 2.14 bits per heavy atom. The summed E-state index contributed by atoms with van der Waals surface area (Å²) in [5.41, 5.74) is 0.870. The van der Waals surface area contributed by atoms with Crippen molar-refractivity contribution in [3.8, 4) is 0 Å². The molecule has 1 aromatic heterocycles. The minimum atomic E-state index is -0.686. The summed E-state index contributed by atoms with van der Waals surface area (Å²) in [7, 11) is 0. The van der Waals surface area contributed by atoms with Gasteiger partial charge in [-0.05, 0) is 43.9 Å². The Morgan fingerprint density at radius 1 is 1.32 bits per heavy atom. The van der Waals surface area contributed by atoms with Gasteiger partial charge in [0.25, 0.3) is 0 Å². The van der Waals surface area contributed by atoms with Crippen molar-refractivity contribution in [2.75, 3.05) is 0 Å². The molecule has 3 aliphatic rings. The van der Waals surface area contributed by atoms with Gasteiger partial charge < -0.3 is 10.4 Å². The van der Waals surface area contributed by atoms with Crippen molar-refractivity contribution >= 4 is 23.2 Å². The highest BCUT2D eigenvalue weighted by Crippen LogP contribution is 2.49. The van der Waals surface area contributed by atoms with Crippen molar-refractivity contribution in [1.29, 1.82) is 0 Å². The Kier molecular flexibility index (Phi) is 3.44. The lowest BCUT2D eigenvalue weighted by Crippen LogP contribution is -2.50. The number of fused-ring (bicyclic) bond motifs is 1. The molecule has 3 fully saturated rings. The fraction of sp³-hybridized carbons (Fsp3) is 0.688. The Morgan fingerprint density at radius 3 is 2.86 bits per heavy atom. The minimum absolute atomic E-state index is 0.0230. The number of carboxylic acids is 1. The number of hydrogen-bond acceptors (Lipinski definition) is 4. The number of amides is 1. The molecule has 6 heteroatoms. The molecule has 2 N–H and O–H groups in total. The Labute approximate surface area is 133 Å². The van der Waals surface area contributed by atoms with E-state index in [-0.39, 0.29) is 17.9 Å². The molecule has 22 heavy (non-hydrogen) atoms. The maximum atomic E-state index is 12.2. The molecule has 5 nitrogen and oxygen atoms in total. The Balaban J connectivity index is 1.28. The van der Waals surface area contributed by atoms with E-state index < -0.39 is 5.97 Å². The second kappa shape index (κ2) is 5.33. The van der Waals surface area contributed by atoms with E-state index in [1.54, 1.807) is 11.3 Å². The van der Waals surface area contributed by atoms with Crippen LogP contribution >= 0.6 is 11.3 Å². The summed E-state index contributed by atoms with van der Waals surface area (Å²) in [6.07, 6.45) is 5.24. The van der Waals surface area contributed by atoms with Crippen LogP contribution in [0.4, 0.5) is 0 Å². The zero-order chi connectivity index (χ0) is 15.3. The number of carbonyl (C=O) groups is 2. The van der Waals surface area contributed by atoms with Gasteiger partial charge in [-0.25, -0.2) is 4.98 Å². The van der Waals surface area contributed by atoms with Crippen LogP contribution in [0, 0.1) is 17.8 Å². The molecule has 0 saturated heterocycles. The van der Waals surface area contributed by atoms with Gasteiger partial charge in [0.15, 0.2) is 0 Å². The van der Waals surface area contributed by atoms with Crippen molar-refractivity contribution in [2.45, 2.75) is 50.5 Å². The average molecular weight is 320 g/mol. The summed E-state index contributed by atoms with van der Waals surface area (Å²) in [6, 6.07) is 0.170.